The van der Waals surface area contributed by atoms with Gasteiger partial charge < -0.3 is 0 Å². The van der Waals surface area contributed by atoms with Gasteiger partial charge in [-0.05, 0) is 42.2 Å². The molecule has 0 unspecified atom stereocenters. The van der Waals surface area contributed by atoms with Gasteiger partial charge in [0.1, 0.15) is 0 Å². The van der Waals surface area contributed by atoms with Crippen molar-refractivity contribution in [3.05, 3.63) is 35.4 Å². The summed E-state index contributed by atoms with van der Waals surface area (Å²) in [7, 11) is 0. The third-order valence-electron chi connectivity index (χ3n) is 4.59. The largest absolute Gasteiger partial charge is 0.0654 e. The first kappa shape index (κ1) is 13.6. The number of rotatable bonds is 7. The molecule has 1 aliphatic rings. The van der Waals surface area contributed by atoms with Crippen molar-refractivity contribution in [3.8, 4) is 0 Å². The van der Waals surface area contributed by atoms with Gasteiger partial charge in [0.25, 0.3) is 0 Å². The molecule has 2 rings (SSSR count). The molecule has 1 aromatic rings. The van der Waals surface area contributed by atoms with Crippen LogP contribution in [-0.4, -0.2) is 0 Å². The minimum absolute atomic E-state index is 0.835. The third-order valence-corrected chi connectivity index (χ3v) is 4.59. The molecule has 0 heterocycles. The second kappa shape index (κ2) is 6.97. The first-order chi connectivity index (χ1) is 8.86. The van der Waals surface area contributed by atoms with Crippen LogP contribution in [0.5, 0.6) is 0 Å². The molecular formula is C18H28. The van der Waals surface area contributed by atoms with Gasteiger partial charge in [0.2, 0.25) is 0 Å². The second-order valence-corrected chi connectivity index (χ2v) is 5.87. The van der Waals surface area contributed by atoms with Gasteiger partial charge in [-0.1, -0.05) is 70.2 Å². The maximum atomic E-state index is 2.38. The van der Waals surface area contributed by atoms with Gasteiger partial charge in [0, 0.05) is 0 Å². The van der Waals surface area contributed by atoms with Crippen LogP contribution in [0, 0.1) is 0 Å². The smallest absolute Gasteiger partial charge is 0.0153 e. The molecule has 0 bridgehead atoms. The van der Waals surface area contributed by atoms with Gasteiger partial charge in [-0.25, -0.2) is 0 Å². The molecule has 0 nitrogen and oxygen atoms in total. The summed E-state index contributed by atoms with van der Waals surface area (Å²) in [4.78, 5) is 0. The average Bonchev–Trinajstić information content (AvgIpc) is 2.77. The van der Waals surface area contributed by atoms with E-state index in [4.69, 9.17) is 0 Å². The molecule has 0 saturated heterocycles. The number of benzene rings is 1. The summed E-state index contributed by atoms with van der Waals surface area (Å²) in [6, 6.07) is 9.17. The maximum absolute atomic E-state index is 2.38. The molecule has 2 atom stereocenters. The van der Waals surface area contributed by atoms with Crippen molar-refractivity contribution in [1.82, 2.24) is 0 Å². The standard InChI is InChI=1S/C18H28/c1-3-5-6-7-8-11-16-14-15(4-2)17-12-9-10-13-18(16)17/h9-10,12-13,15-16H,3-8,11,14H2,1-2H3/t15-,16+/m0/s1. The maximum Gasteiger partial charge on any atom is -0.0153 e. The van der Waals surface area contributed by atoms with Gasteiger partial charge >= 0.3 is 0 Å². The Morgan fingerprint density at radius 1 is 0.889 bits per heavy atom. The van der Waals surface area contributed by atoms with E-state index in [1.54, 1.807) is 11.1 Å². The summed E-state index contributed by atoms with van der Waals surface area (Å²) in [6.45, 7) is 4.63. The molecule has 1 aliphatic carbocycles. The van der Waals surface area contributed by atoms with Gasteiger partial charge in [-0.15, -0.1) is 0 Å². The molecule has 0 fully saturated rings. The van der Waals surface area contributed by atoms with Gasteiger partial charge in [-0.3, -0.25) is 0 Å². The summed E-state index contributed by atoms with van der Waals surface area (Å²) >= 11 is 0. The molecule has 0 saturated carbocycles. The first-order valence-corrected chi connectivity index (χ1v) is 7.95. The minimum Gasteiger partial charge on any atom is -0.0654 e. The Morgan fingerprint density at radius 3 is 2.22 bits per heavy atom. The van der Waals surface area contributed by atoms with Crippen LogP contribution in [-0.2, 0) is 0 Å². The fraction of sp³-hybridized carbons (Fsp3) is 0.667. The van der Waals surface area contributed by atoms with Crippen LogP contribution in [0.25, 0.3) is 0 Å². The predicted molar refractivity (Wildman–Crippen MR) is 80.2 cm³/mol. The number of hydrogen-bond acceptors (Lipinski definition) is 0. The Kier molecular flexibility index (Phi) is 5.28. The highest BCUT2D eigenvalue weighted by atomic mass is 14.3. The normalized spacial score (nSPS) is 22.1. The molecule has 0 aromatic heterocycles. The Bertz CT molecular complexity index is 353. The summed E-state index contributed by atoms with van der Waals surface area (Å²) in [5.74, 6) is 1.69. The molecule has 0 amide bonds. The highest BCUT2D eigenvalue weighted by Crippen LogP contribution is 2.45. The van der Waals surface area contributed by atoms with E-state index in [-0.39, 0.29) is 0 Å². The molecule has 0 aliphatic heterocycles. The van der Waals surface area contributed by atoms with E-state index >= 15 is 0 Å². The van der Waals surface area contributed by atoms with E-state index in [2.05, 4.69) is 38.1 Å². The van der Waals surface area contributed by atoms with Crippen LogP contribution in [0.4, 0.5) is 0 Å². The Hall–Kier alpha value is -0.780. The number of unbranched alkanes of at least 4 members (excludes halogenated alkanes) is 4. The zero-order valence-electron chi connectivity index (χ0n) is 12.1. The molecule has 0 spiro atoms. The van der Waals surface area contributed by atoms with Crippen molar-refractivity contribution in [2.24, 2.45) is 0 Å². The van der Waals surface area contributed by atoms with Crippen molar-refractivity contribution in [3.63, 3.8) is 0 Å². The van der Waals surface area contributed by atoms with Gasteiger partial charge in [-0.2, -0.15) is 0 Å². The predicted octanol–water partition coefficient (Wildman–Crippen LogP) is 6.03. The van der Waals surface area contributed by atoms with E-state index in [9.17, 15) is 0 Å². The zero-order chi connectivity index (χ0) is 12.8. The second-order valence-electron chi connectivity index (χ2n) is 5.87. The quantitative estimate of drug-likeness (QED) is 0.514. The van der Waals surface area contributed by atoms with Crippen LogP contribution in [0.2, 0.25) is 0 Å². The van der Waals surface area contributed by atoms with E-state index < -0.39 is 0 Å². The van der Waals surface area contributed by atoms with Crippen molar-refractivity contribution in [1.29, 1.82) is 0 Å². The lowest BCUT2D eigenvalue weighted by Crippen LogP contribution is -1.94. The lowest BCUT2D eigenvalue weighted by Gasteiger charge is -2.11. The van der Waals surface area contributed by atoms with Crippen LogP contribution in [0.1, 0.15) is 88.2 Å². The van der Waals surface area contributed by atoms with Gasteiger partial charge in [0.15, 0.2) is 0 Å². The molecule has 0 N–H and O–H groups in total. The van der Waals surface area contributed by atoms with Crippen LogP contribution < -0.4 is 0 Å². The number of hydrogen-bond donors (Lipinski definition) is 0. The van der Waals surface area contributed by atoms with Gasteiger partial charge in [0.05, 0.1) is 0 Å². The van der Waals surface area contributed by atoms with Crippen molar-refractivity contribution in [2.45, 2.75) is 77.0 Å². The van der Waals surface area contributed by atoms with E-state index in [1.807, 2.05) is 0 Å². The summed E-state index contributed by atoms with van der Waals surface area (Å²) < 4.78 is 0. The highest BCUT2D eigenvalue weighted by Gasteiger charge is 2.28. The van der Waals surface area contributed by atoms with E-state index in [1.165, 1.54) is 51.4 Å². The van der Waals surface area contributed by atoms with Crippen LogP contribution >= 0.6 is 0 Å². The monoisotopic (exact) mass is 244 g/mol. The SMILES string of the molecule is CCCCCCC[C@@H]1C[C@H](CC)c2ccccc21. The fourth-order valence-electron chi connectivity index (χ4n) is 3.51. The molecule has 0 radical (unpaired) electrons. The van der Waals surface area contributed by atoms with Crippen molar-refractivity contribution >= 4 is 0 Å². The van der Waals surface area contributed by atoms with Crippen molar-refractivity contribution < 1.29 is 0 Å². The van der Waals surface area contributed by atoms with Crippen molar-refractivity contribution in [2.75, 3.05) is 0 Å². The van der Waals surface area contributed by atoms with Crippen LogP contribution in [0.15, 0.2) is 24.3 Å². The van der Waals surface area contributed by atoms with E-state index in [0.29, 0.717) is 0 Å². The Morgan fingerprint density at radius 2 is 1.56 bits per heavy atom. The lowest BCUT2D eigenvalue weighted by atomic mass is 9.94. The molecular weight excluding hydrogens is 216 g/mol. The van der Waals surface area contributed by atoms with E-state index in [0.717, 1.165) is 11.8 Å². The minimum atomic E-state index is 0.835. The summed E-state index contributed by atoms with van der Waals surface area (Å²) in [5, 5.41) is 0. The zero-order valence-corrected chi connectivity index (χ0v) is 12.1. The molecule has 0 heteroatoms. The third kappa shape index (κ3) is 3.16. The van der Waals surface area contributed by atoms with Crippen LogP contribution in [0.3, 0.4) is 0 Å². The highest BCUT2D eigenvalue weighted by molar-refractivity contribution is 5.38. The fourth-order valence-corrected chi connectivity index (χ4v) is 3.51. The molecule has 100 valence electrons. The Balaban J connectivity index is 1.87. The molecule has 18 heavy (non-hydrogen) atoms. The topological polar surface area (TPSA) is 0 Å². The summed E-state index contributed by atoms with van der Waals surface area (Å²) in [5.41, 5.74) is 3.32. The number of fused-ring (bicyclic) bond motifs is 1. The Labute approximate surface area is 113 Å². The molecule has 1 aromatic carbocycles. The average molecular weight is 244 g/mol. The first-order valence-electron chi connectivity index (χ1n) is 7.95. The lowest BCUT2D eigenvalue weighted by molar-refractivity contribution is 0.508. The summed E-state index contributed by atoms with van der Waals surface area (Å²) in [6.07, 6.45) is 11.2.